The molecule has 1 aliphatic rings. The van der Waals surface area contributed by atoms with Gasteiger partial charge in [-0.1, -0.05) is 19.4 Å². The Balaban J connectivity index is 2.09. The van der Waals surface area contributed by atoms with Gasteiger partial charge in [-0.25, -0.2) is 4.39 Å². The van der Waals surface area contributed by atoms with Crippen LogP contribution in [-0.4, -0.2) is 34.2 Å². The van der Waals surface area contributed by atoms with Gasteiger partial charge in [0.05, 0.1) is 5.41 Å². The number of aliphatic carboxylic acids is 1. The van der Waals surface area contributed by atoms with E-state index in [1.165, 1.54) is 12.1 Å². The molecule has 1 unspecified atom stereocenters. The number of carbonyl (C=O) groups is 1. The molecule has 4 nitrogen and oxygen atoms in total. The van der Waals surface area contributed by atoms with Gasteiger partial charge >= 0.3 is 5.97 Å². The summed E-state index contributed by atoms with van der Waals surface area (Å²) < 4.78 is 13.4. The third-order valence-corrected chi connectivity index (χ3v) is 4.26. The predicted molar refractivity (Wildman–Crippen MR) is 77.6 cm³/mol. The van der Waals surface area contributed by atoms with E-state index >= 15 is 0 Å². The number of phenols is 1. The second-order valence-corrected chi connectivity index (χ2v) is 5.94. The molecule has 116 valence electrons. The van der Waals surface area contributed by atoms with E-state index in [9.17, 15) is 19.4 Å². The number of carboxylic acids is 1. The van der Waals surface area contributed by atoms with Gasteiger partial charge in [-0.05, 0) is 43.5 Å². The van der Waals surface area contributed by atoms with Crippen LogP contribution in [0.4, 0.5) is 4.39 Å². The monoisotopic (exact) mass is 295 g/mol. The molecule has 2 N–H and O–H groups in total. The summed E-state index contributed by atoms with van der Waals surface area (Å²) in [6, 6.07) is 4.33. The van der Waals surface area contributed by atoms with Crippen LogP contribution in [0.15, 0.2) is 18.2 Å². The number of halogens is 1. The van der Waals surface area contributed by atoms with Crippen molar-refractivity contribution in [2.24, 2.45) is 5.41 Å². The Bertz CT molecular complexity index is 516. The topological polar surface area (TPSA) is 60.8 Å². The largest absolute Gasteiger partial charge is 0.505 e. The third kappa shape index (κ3) is 3.53. The first kappa shape index (κ1) is 15.8. The fraction of sp³-hybridized carbons (Fsp3) is 0.562. The maximum atomic E-state index is 13.4. The number of rotatable bonds is 5. The average molecular weight is 295 g/mol. The maximum absolute atomic E-state index is 13.4. The van der Waals surface area contributed by atoms with E-state index in [0.29, 0.717) is 25.9 Å². The minimum atomic E-state index is -0.731. The number of nitrogens with zero attached hydrogens (tertiary/aromatic N) is 1. The minimum Gasteiger partial charge on any atom is -0.505 e. The van der Waals surface area contributed by atoms with E-state index in [2.05, 4.69) is 4.90 Å². The number of hydrogen-bond acceptors (Lipinski definition) is 3. The van der Waals surface area contributed by atoms with Crippen LogP contribution in [0.1, 0.15) is 38.2 Å². The summed E-state index contributed by atoms with van der Waals surface area (Å²) >= 11 is 0. The molecule has 1 heterocycles. The standard InChI is InChI=1S/C16H22FNO3/c1-2-6-16(15(20)21)7-3-8-18(11-16)10-12-4-5-14(19)13(17)9-12/h4-5,9,19H,2-3,6-8,10-11H2,1H3,(H,20,21). The van der Waals surface area contributed by atoms with Crippen LogP contribution < -0.4 is 0 Å². The Morgan fingerprint density at radius 1 is 1.48 bits per heavy atom. The van der Waals surface area contributed by atoms with Crippen molar-refractivity contribution in [3.8, 4) is 5.75 Å². The van der Waals surface area contributed by atoms with Gasteiger partial charge in [-0.15, -0.1) is 0 Å². The van der Waals surface area contributed by atoms with Gasteiger partial charge in [0.2, 0.25) is 0 Å². The zero-order valence-electron chi connectivity index (χ0n) is 12.3. The Morgan fingerprint density at radius 2 is 2.24 bits per heavy atom. The van der Waals surface area contributed by atoms with Crippen molar-refractivity contribution in [2.45, 2.75) is 39.2 Å². The van der Waals surface area contributed by atoms with Gasteiger partial charge in [0, 0.05) is 13.1 Å². The maximum Gasteiger partial charge on any atom is 0.310 e. The van der Waals surface area contributed by atoms with Crippen molar-refractivity contribution in [3.05, 3.63) is 29.6 Å². The van der Waals surface area contributed by atoms with Gasteiger partial charge in [-0.2, -0.15) is 0 Å². The van der Waals surface area contributed by atoms with Gasteiger partial charge < -0.3 is 10.2 Å². The minimum absolute atomic E-state index is 0.358. The third-order valence-electron chi connectivity index (χ3n) is 4.26. The van der Waals surface area contributed by atoms with Crippen molar-refractivity contribution in [1.29, 1.82) is 0 Å². The highest BCUT2D eigenvalue weighted by atomic mass is 19.1. The highest BCUT2D eigenvalue weighted by Gasteiger charge is 2.41. The van der Waals surface area contributed by atoms with Crippen molar-refractivity contribution in [3.63, 3.8) is 0 Å². The molecule has 0 bridgehead atoms. The SMILES string of the molecule is CCCC1(C(=O)O)CCCN(Cc2ccc(O)c(F)c2)C1. The molecular weight excluding hydrogens is 273 g/mol. The van der Waals surface area contributed by atoms with E-state index in [1.54, 1.807) is 6.07 Å². The summed E-state index contributed by atoms with van der Waals surface area (Å²) in [6.07, 6.45) is 3.06. The number of phenolic OH excluding ortho intramolecular Hbond substituents is 1. The molecule has 0 saturated carbocycles. The van der Waals surface area contributed by atoms with Crippen LogP contribution in [0.25, 0.3) is 0 Å². The molecule has 1 saturated heterocycles. The number of hydrogen-bond donors (Lipinski definition) is 2. The zero-order valence-corrected chi connectivity index (χ0v) is 12.3. The summed E-state index contributed by atoms with van der Waals surface area (Å²) in [5.41, 5.74) is 0.0747. The van der Waals surface area contributed by atoms with Gasteiger partial charge in [0.25, 0.3) is 0 Å². The summed E-state index contributed by atoms with van der Waals surface area (Å²) in [7, 11) is 0. The lowest BCUT2D eigenvalue weighted by molar-refractivity contribution is -0.153. The molecular formula is C16H22FNO3. The lowest BCUT2D eigenvalue weighted by Gasteiger charge is -2.40. The Hall–Kier alpha value is -1.62. The van der Waals surface area contributed by atoms with Crippen LogP contribution in [0, 0.1) is 11.2 Å². The Labute approximate surface area is 124 Å². The molecule has 1 aromatic rings. The molecule has 21 heavy (non-hydrogen) atoms. The number of piperidine rings is 1. The van der Waals surface area contributed by atoms with E-state index in [1.807, 2.05) is 6.92 Å². The average Bonchev–Trinajstić information content (AvgIpc) is 2.43. The Kier molecular flexibility index (Phi) is 4.83. The second kappa shape index (κ2) is 6.43. The fourth-order valence-electron chi connectivity index (χ4n) is 3.23. The van der Waals surface area contributed by atoms with Gasteiger partial charge in [0.15, 0.2) is 11.6 Å². The van der Waals surface area contributed by atoms with Crippen molar-refractivity contribution in [2.75, 3.05) is 13.1 Å². The smallest absolute Gasteiger partial charge is 0.310 e. The van der Waals surface area contributed by atoms with E-state index < -0.39 is 17.2 Å². The molecule has 0 radical (unpaired) electrons. The predicted octanol–water partition coefficient (Wildman–Crippen LogP) is 3.00. The summed E-state index contributed by atoms with van der Waals surface area (Å²) in [6.45, 7) is 3.83. The Morgan fingerprint density at radius 3 is 2.86 bits per heavy atom. The molecule has 5 heteroatoms. The molecule has 1 aliphatic heterocycles. The van der Waals surface area contributed by atoms with Crippen molar-refractivity contribution in [1.82, 2.24) is 4.90 Å². The van der Waals surface area contributed by atoms with Gasteiger partial charge in [0.1, 0.15) is 0 Å². The first-order chi connectivity index (χ1) is 9.97. The summed E-state index contributed by atoms with van der Waals surface area (Å²) in [5, 5.41) is 18.8. The highest BCUT2D eigenvalue weighted by Crippen LogP contribution is 2.35. The zero-order chi connectivity index (χ0) is 15.5. The normalized spacial score (nSPS) is 23.1. The lowest BCUT2D eigenvalue weighted by Crippen LogP contribution is -2.47. The van der Waals surface area contributed by atoms with Crippen LogP contribution in [0.5, 0.6) is 5.75 Å². The van der Waals surface area contributed by atoms with E-state index in [4.69, 9.17) is 0 Å². The highest BCUT2D eigenvalue weighted by molar-refractivity contribution is 5.75. The van der Waals surface area contributed by atoms with Crippen molar-refractivity contribution >= 4 is 5.97 Å². The number of aromatic hydroxyl groups is 1. The summed E-state index contributed by atoms with van der Waals surface area (Å²) in [5.74, 6) is -1.73. The quantitative estimate of drug-likeness (QED) is 0.876. The number of benzene rings is 1. The first-order valence-electron chi connectivity index (χ1n) is 7.40. The van der Waals surface area contributed by atoms with Crippen LogP contribution >= 0.6 is 0 Å². The van der Waals surface area contributed by atoms with E-state index in [0.717, 1.165) is 24.9 Å². The molecule has 1 fully saturated rings. The molecule has 0 aliphatic carbocycles. The van der Waals surface area contributed by atoms with E-state index in [-0.39, 0.29) is 5.75 Å². The van der Waals surface area contributed by atoms with Crippen LogP contribution in [0.2, 0.25) is 0 Å². The first-order valence-corrected chi connectivity index (χ1v) is 7.40. The molecule has 1 atom stereocenters. The van der Waals surface area contributed by atoms with Crippen molar-refractivity contribution < 1.29 is 19.4 Å². The second-order valence-electron chi connectivity index (χ2n) is 5.94. The molecule has 2 rings (SSSR count). The molecule has 0 aromatic heterocycles. The lowest BCUT2D eigenvalue weighted by atomic mass is 9.76. The van der Waals surface area contributed by atoms with Gasteiger partial charge in [-0.3, -0.25) is 9.69 Å². The fourth-order valence-corrected chi connectivity index (χ4v) is 3.23. The number of carboxylic acid groups (broad SMARTS) is 1. The molecule has 0 spiro atoms. The van der Waals surface area contributed by atoms with Crippen LogP contribution in [0.3, 0.4) is 0 Å². The number of likely N-dealkylation sites (tertiary alicyclic amines) is 1. The summed E-state index contributed by atoms with van der Waals surface area (Å²) in [4.78, 5) is 13.7. The molecule has 1 aromatic carbocycles. The molecule has 0 amide bonds. The van der Waals surface area contributed by atoms with Crippen LogP contribution in [-0.2, 0) is 11.3 Å².